The standard InChI is InChI=1S/C23H18ClN3O3S/c1-3-12-30-18-10-6-16(13-19(18)29-2)14-20-22(28)27-23(31-20)25-21(26-27)11-7-15-4-8-17(24)9-5-15/h3-11,13-14H,1,12H2,2H3/b11-7+,20-14-. The monoisotopic (exact) mass is 451 g/mol. The van der Waals surface area contributed by atoms with E-state index < -0.39 is 0 Å². The lowest BCUT2D eigenvalue weighted by Gasteiger charge is -2.09. The van der Waals surface area contributed by atoms with Gasteiger partial charge in [0, 0.05) is 5.02 Å². The third kappa shape index (κ3) is 4.68. The molecule has 0 aliphatic rings. The molecule has 6 nitrogen and oxygen atoms in total. The summed E-state index contributed by atoms with van der Waals surface area (Å²) in [4.78, 5) is 17.7. The molecule has 0 bridgehead atoms. The summed E-state index contributed by atoms with van der Waals surface area (Å²) in [7, 11) is 1.57. The fourth-order valence-electron chi connectivity index (χ4n) is 2.86. The molecule has 2 heterocycles. The van der Waals surface area contributed by atoms with Gasteiger partial charge in [0.25, 0.3) is 5.56 Å². The quantitative estimate of drug-likeness (QED) is 0.396. The summed E-state index contributed by atoms with van der Waals surface area (Å²) in [5.74, 6) is 1.66. The van der Waals surface area contributed by atoms with Crippen LogP contribution >= 0.6 is 22.9 Å². The Balaban J connectivity index is 1.62. The molecule has 0 aliphatic carbocycles. The SMILES string of the molecule is C=CCOc1ccc(/C=c2\sc3nc(/C=C/c4ccc(Cl)cc4)nn3c2=O)cc1OC. The maximum absolute atomic E-state index is 12.8. The highest BCUT2D eigenvalue weighted by Crippen LogP contribution is 2.28. The Labute approximate surface area is 187 Å². The minimum Gasteiger partial charge on any atom is -0.493 e. The Hall–Kier alpha value is -3.42. The lowest BCUT2D eigenvalue weighted by Crippen LogP contribution is -2.23. The van der Waals surface area contributed by atoms with Crippen molar-refractivity contribution < 1.29 is 9.47 Å². The number of nitrogens with zero attached hydrogens (tertiary/aromatic N) is 3. The molecule has 0 radical (unpaired) electrons. The predicted molar refractivity (Wildman–Crippen MR) is 125 cm³/mol. The van der Waals surface area contributed by atoms with Gasteiger partial charge in [0.2, 0.25) is 4.96 Å². The zero-order chi connectivity index (χ0) is 21.8. The molecule has 2 aromatic carbocycles. The maximum atomic E-state index is 12.8. The Bertz CT molecular complexity index is 1370. The first-order valence-electron chi connectivity index (χ1n) is 9.34. The van der Waals surface area contributed by atoms with E-state index in [2.05, 4.69) is 16.7 Å². The van der Waals surface area contributed by atoms with Gasteiger partial charge in [0.1, 0.15) is 6.61 Å². The van der Waals surface area contributed by atoms with Crippen LogP contribution in [-0.2, 0) is 0 Å². The van der Waals surface area contributed by atoms with E-state index >= 15 is 0 Å². The highest BCUT2D eigenvalue weighted by Gasteiger charge is 2.10. The first kappa shape index (κ1) is 20.8. The van der Waals surface area contributed by atoms with Crippen molar-refractivity contribution in [1.29, 1.82) is 0 Å². The number of hydrogen-bond acceptors (Lipinski definition) is 6. The lowest BCUT2D eigenvalue weighted by molar-refractivity contribution is 0.326. The zero-order valence-electron chi connectivity index (χ0n) is 16.6. The minimum atomic E-state index is -0.218. The number of thiazole rings is 1. The van der Waals surface area contributed by atoms with Crippen LogP contribution in [0.5, 0.6) is 11.5 Å². The van der Waals surface area contributed by atoms with Gasteiger partial charge in [-0.25, -0.2) is 0 Å². The van der Waals surface area contributed by atoms with Gasteiger partial charge in [0.15, 0.2) is 17.3 Å². The molecular weight excluding hydrogens is 434 g/mol. The van der Waals surface area contributed by atoms with Gasteiger partial charge in [-0.05, 0) is 47.5 Å². The van der Waals surface area contributed by atoms with Crippen molar-refractivity contribution in [2.24, 2.45) is 0 Å². The molecule has 0 fully saturated rings. The van der Waals surface area contributed by atoms with Gasteiger partial charge >= 0.3 is 0 Å². The van der Waals surface area contributed by atoms with Crippen LogP contribution in [0, 0.1) is 0 Å². The van der Waals surface area contributed by atoms with Crippen LogP contribution in [0.3, 0.4) is 0 Å². The maximum Gasteiger partial charge on any atom is 0.291 e. The summed E-state index contributed by atoms with van der Waals surface area (Å²) in [6.07, 6.45) is 7.08. The Morgan fingerprint density at radius 1 is 1.13 bits per heavy atom. The number of ether oxygens (including phenoxy) is 2. The summed E-state index contributed by atoms with van der Waals surface area (Å²) in [5.41, 5.74) is 1.56. The van der Waals surface area contributed by atoms with Crippen molar-refractivity contribution in [3.8, 4) is 11.5 Å². The molecule has 0 saturated heterocycles. The minimum absolute atomic E-state index is 0.218. The van der Waals surface area contributed by atoms with Crippen molar-refractivity contribution in [1.82, 2.24) is 14.6 Å². The number of halogens is 1. The average molecular weight is 452 g/mol. The fourth-order valence-corrected chi connectivity index (χ4v) is 3.90. The van der Waals surface area contributed by atoms with Crippen molar-refractivity contribution >= 4 is 46.1 Å². The van der Waals surface area contributed by atoms with Crippen LogP contribution in [-0.4, -0.2) is 28.3 Å². The highest BCUT2D eigenvalue weighted by atomic mass is 35.5. The molecule has 0 aliphatic heterocycles. The number of hydrogen-bond donors (Lipinski definition) is 0. The van der Waals surface area contributed by atoms with Crippen LogP contribution < -0.4 is 19.6 Å². The molecule has 0 unspecified atom stereocenters. The largest absolute Gasteiger partial charge is 0.493 e. The third-order valence-corrected chi connectivity index (χ3v) is 5.55. The molecule has 0 saturated carbocycles. The van der Waals surface area contributed by atoms with Crippen LogP contribution in [0.15, 0.2) is 59.9 Å². The predicted octanol–water partition coefficient (Wildman–Crippen LogP) is 4.10. The summed E-state index contributed by atoms with van der Waals surface area (Å²) in [6.45, 7) is 4.02. The summed E-state index contributed by atoms with van der Waals surface area (Å²) in [6, 6.07) is 12.9. The average Bonchev–Trinajstić information content (AvgIpc) is 3.31. The van der Waals surface area contributed by atoms with Gasteiger partial charge in [0.05, 0.1) is 11.6 Å². The van der Waals surface area contributed by atoms with E-state index in [0.717, 1.165) is 11.1 Å². The van der Waals surface area contributed by atoms with Gasteiger partial charge in [-0.3, -0.25) is 4.79 Å². The van der Waals surface area contributed by atoms with E-state index in [1.807, 2.05) is 42.5 Å². The Morgan fingerprint density at radius 3 is 2.61 bits per heavy atom. The summed E-state index contributed by atoms with van der Waals surface area (Å²) in [5, 5.41) is 4.98. The third-order valence-electron chi connectivity index (χ3n) is 4.34. The second kappa shape index (κ2) is 9.16. The van der Waals surface area contributed by atoms with E-state index in [1.54, 1.807) is 31.4 Å². The molecule has 0 N–H and O–H groups in total. The van der Waals surface area contributed by atoms with E-state index in [0.29, 0.717) is 38.4 Å². The van der Waals surface area contributed by atoms with Gasteiger partial charge < -0.3 is 9.47 Å². The Morgan fingerprint density at radius 2 is 1.90 bits per heavy atom. The molecule has 8 heteroatoms. The van der Waals surface area contributed by atoms with E-state index in [-0.39, 0.29) is 5.56 Å². The Kier molecular flexibility index (Phi) is 6.16. The van der Waals surface area contributed by atoms with Crippen molar-refractivity contribution in [3.63, 3.8) is 0 Å². The first-order chi connectivity index (χ1) is 15.1. The summed E-state index contributed by atoms with van der Waals surface area (Å²) < 4.78 is 12.8. The van der Waals surface area contributed by atoms with E-state index in [9.17, 15) is 4.79 Å². The summed E-state index contributed by atoms with van der Waals surface area (Å²) >= 11 is 7.18. The van der Waals surface area contributed by atoms with Crippen LogP contribution in [0.4, 0.5) is 0 Å². The topological polar surface area (TPSA) is 65.7 Å². The van der Waals surface area contributed by atoms with Crippen molar-refractivity contribution in [2.45, 2.75) is 0 Å². The molecule has 31 heavy (non-hydrogen) atoms. The smallest absolute Gasteiger partial charge is 0.291 e. The molecule has 0 atom stereocenters. The number of aromatic nitrogens is 3. The highest BCUT2D eigenvalue weighted by molar-refractivity contribution is 7.15. The van der Waals surface area contributed by atoms with Gasteiger partial charge in [-0.1, -0.05) is 59.9 Å². The first-order valence-corrected chi connectivity index (χ1v) is 10.5. The number of benzene rings is 2. The van der Waals surface area contributed by atoms with Crippen LogP contribution in [0.1, 0.15) is 17.0 Å². The molecule has 156 valence electrons. The second-order valence-corrected chi connectivity index (χ2v) is 7.92. The molecule has 4 aromatic rings. The zero-order valence-corrected chi connectivity index (χ0v) is 18.2. The molecule has 0 spiro atoms. The molecule has 0 amide bonds. The van der Waals surface area contributed by atoms with Crippen LogP contribution in [0.25, 0.3) is 23.2 Å². The lowest BCUT2D eigenvalue weighted by atomic mass is 10.2. The molecule has 2 aromatic heterocycles. The fraction of sp³-hybridized carbons (Fsp3) is 0.0870. The van der Waals surface area contributed by atoms with Crippen molar-refractivity contribution in [3.05, 3.63) is 92.0 Å². The molecule has 4 rings (SSSR count). The van der Waals surface area contributed by atoms with E-state index in [1.165, 1.54) is 15.9 Å². The number of fused-ring (bicyclic) bond motifs is 1. The second-order valence-electron chi connectivity index (χ2n) is 6.48. The van der Waals surface area contributed by atoms with Crippen LogP contribution in [0.2, 0.25) is 5.02 Å². The number of rotatable bonds is 7. The van der Waals surface area contributed by atoms with Gasteiger partial charge in [-0.2, -0.15) is 9.50 Å². The number of methoxy groups -OCH3 is 1. The molecular formula is C23H18ClN3O3S. The normalized spacial score (nSPS) is 12.0. The van der Waals surface area contributed by atoms with Gasteiger partial charge in [-0.15, -0.1) is 5.10 Å². The van der Waals surface area contributed by atoms with Crippen molar-refractivity contribution in [2.75, 3.05) is 13.7 Å². The van der Waals surface area contributed by atoms with E-state index in [4.69, 9.17) is 21.1 Å².